The van der Waals surface area contributed by atoms with Gasteiger partial charge in [-0.05, 0) is 30.7 Å². The number of hydrogen-bond acceptors (Lipinski definition) is 3. The molecule has 0 aromatic heterocycles. The molecule has 0 saturated carbocycles. The largest absolute Gasteiger partial charge is 0.484 e. The van der Waals surface area contributed by atoms with Gasteiger partial charge in [0.25, 0.3) is 0 Å². The van der Waals surface area contributed by atoms with Gasteiger partial charge in [0, 0.05) is 12.3 Å². The molecule has 100 valence electrons. The van der Waals surface area contributed by atoms with E-state index in [4.69, 9.17) is 4.74 Å². The van der Waals surface area contributed by atoms with Gasteiger partial charge in [0.15, 0.2) is 6.61 Å². The number of alkyl halides is 3. The summed E-state index contributed by atoms with van der Waals surface area (Å²) in [6.45, 7) is 0.132. The van der Waals surface area contributed by atoms with Crippen molar-refractivity contribution in [2.24, 2.45) is 0 Å². The lowest BCUT2D eigenvalue weighted by Gasteiger charge is -2.13. The van der Waals surface area contributed by atoms with Crippen molar-refractivity contribution in [3.05, 3.63) is 24.3 Å². The summed E-state index contributed by atoms with van der Waals surface area (Å²) in [6, 6.07) is 6.70. The van der Waals surface area contributed by atoms with Crippen LogP contribution in [0.2, 0.25) is 0 Å². The molecule has 18 heavy (non-hydrogen) atoms. The number of ether oxygens (including phenoxy) is 2. The summed E-state index contributed by atoms with van der Waals surface area (Å²) < 4.78 is 45.7. The lowest BCUT2D eigenvalue weighted by molar-refractivity contribution is -0.153. The highest BCUT2D eigenvalue weighted by atomic mass is 19.4. The van der Waals surface area contributed by atoms with Gasteiger partial charge >= 0.3 is 6.18 Å². The van der Waals surface area contributed by atoms with Crippen LogP contribution in [0.15, 0.2) is 24.3 Å². The van der Waals surface area contributed by atoms with Crippen molar-refractivity contribution in [1.29, 1.82) is 0 Å². The van der Waals surface area contributed by atoms with Crippen molar-refractivity contribution in [3.8, 4) is 5.75 Å². The fraction of sp³-hybridized carbons (Fsp3) is 0.500. The normalized spacial score (nSPS) is 19.8. The molecule has 1 aliphatic heterocycles. The van der Waals surface area contributed by atoms with Gasteiger partial charge in [-0.25, -0.2) is 0 Å². The van der Waals surface area contributed by atoms with Crippen LogP contribution in [0.1, 0.15) is 6.42 Å². The van der Waals surface area contributed by atoms with Gasteiger partial charge in [-0.3, -0.25) is 0 Å². The van der Waals surface area contributed by atoms with Crippen LogP contribution in [-0.4, -0.2) is 32.0 Å². The molecule has 0 aliphatic carbocycles. The Bertz CT molecular complexity index is 372. The Hall–Kier alpha value is -1.43. The lowest BCUT2D eigenvalue weighted by Crippen LogP contribution is -2.19. The number of halogens is 3. The van der Waals surface area contributed by atoms with Crippen LogP contribution < -0.4 is 10.1 Å². The number of hydrogen-bond donors (Lipinski definition) is 1. The van der Waals surface area contributed by atoms with E-state index in [1.54, 1.807) is 12.1 Å². The quantitative estimate of drug-likeness (QED) is 0.904. The van der Waals surface area contributed by atoms with E-state index in [2.05, 4.69) is 10.1 Å². The Morgan fingerprint density at radius 1 is 1.28 bits per heavy atom. The number of anilines is 1. The van der Waals surface area contributed by atoms with Gasteiger partial charge in [-0.1, -0.05) is 0 Å². The minimum Gasteiger partial charge on any atom is -0.484 e. The Labute approximate surface area is 103 Å². The average molecular weight is 261 g/mol. The van der Waals surface area contributed by atoms with E-state index in [9.17, 15) is 13.2 Å². The first kappa shape index (κ1) is 13.0. The third-order valence-corrected chi connectivity index (χ3v) is 2.56. The van der Waals surface area contributed by atoms with Gasteiger partial charge in [0.1, 0.15) is 5.75 Å². The Balaban J connectivity index is 1.85. The smallest absolute Gasteiger partial charge is 0.422 e. The molecule has 0 bridgehead atoms. The molecule has 1 aliphatic rings. The molecule has 1 aromatic carbocycles. The first-order valence-corrected chi connectivity index (χ1v) is 5.67. The zero-order valence-electron chi connectivity index (χ0n) is 9.67. The van der Waals surface area contributed by atoms with Gasteiger partial charge in [-0.15, -0.1) is 0 Å². The van der Waals surface area contributed by atoms with Crippen molar-refractivity contribution >= 4 is 5.69 Å². The van der Waals surface area contributed by atoms with Crippen LogP contribution in [-0.2, 0) is 4.74 Å². The Kier molecular flexibility index (Phi) is 3.96. The first-order chi connectivity index (χ1) is 8.53. The van der Waals surface area contributed by atoms with Crippen molar-refractivity contribution < 1.29 is 22.6 Å². The molecule has 6 heteroatoms. The lowest BCUT2D eigenvalue weighted by atomic mass is 10.2. The van der Waals surface area contributed by atoms with Gasteiger partial charge in [0.2, 0.25) is 0 Å². The van der Waals surface area contributed by atoms with Crippen LogP contribution >= 0.6 is 0 Å². The van der Waals surface area contributed by atoms with Crippen molar-refractivity contribution in [2.45, 2.75) is 18.6 Å². The van der Waals surface area contributed by atoms with Crippen LogP contribution in [0.4, 0.5) is 18.9 Å². The molecule has 1 N–H and O–H groups in total. The summed E-state index contributed by atoms with van der Waals surface area (Å²) in [6.07, 6.45) is -3.37. The van der Waals surface area contributed by atoms with Crippen LogP contribution in [0.3, 0.4) is 0 Å². The van der Waals surface area contributed by atoms with E-state index in [0.29, 0.717) is 6.61 Å². The second-order valence-corrected chi connectivity index (χ2v) is 4.13. The molecule has 1 atom stereocenters. The molecule has 1 saturated heterocycles. The molecule has 3 nitrogen and oxygen atoms in total. The minimum atomic E-state index is -4.31. The van der Waals surface area contributed by atoms with Crippen LogP contribution in [0.25, 0.3) is 0 Å². The zero-order chi connectivity index (χ0) is 13.0. The second-order valence-electron chi connectivity index (χ2n) is 4.13. The molecule has 0 radical (unpaired) electrons. The van der Waals surface area contributed by atoms with Crippen molar-refractivity contribution in [3.63, 3.8) is 0 Å². The molecule has 1 aromatic rings. The third kappa shape index (κ3) is 4.10. The Morgan fingerprint density at radius 2 is 2.00 bits per heavy atom. The number of rotatable bonds is 4. The maximum atomic E-state index is 11.9. The highest BCUT2D eigenvalue weighted by Gasteiger charge is 2.28. The van der Waals surface area contributed by atoms with Crippen molar-refractivity contribution in [2.75, 3.05) is 25.1 Å². The van der Waals surface area contributed by atoms with Crippen molar-refractivity contribution in [1.82, 2.24) is 0 Å². The summed E-state index contributed by atoms with van der Waals surface area (Å²) in [5.74, 6) is 0.209. The fourth-order valence-corrected chi connectivity index (χ4v) is 1.70. The summed E-state index contributed by atoms with van der Waals surface area (Å²) in [5.41, 5.74) is 0.852. The Morgan fingerprint density at radius 3 is 2.56 bits per heavy atom. The molecule has 2 rings (SSSR count). The standard InChI is InChI=1S/C12H14F3NO2/c13-12(14,15)8-18-11-3-1-9(2-4-11)16-10-5-6-17-7-10/h1-4,10,16H,5-8H2. The van der Waals surface area contributed by atoms with Crippen LogP contribution in [0.5, 0.6) is 5.75 Å². The van der Waals surface area contributed by atoms with E-state index in [0.717, 1.165) is 18.7 Å². The SMILES string of the molecule is FC(F)(F)COc1ccc(NC2CCOC2)cc1. The molecular weight excluding hydrogens is 247 g/mol. The van der Waals surface area contributed by atoms with E-state index in [-0.39, 0.29) is 11.8 Å². The predicted octanol–water partition coefficient (Wildman–Crippen LogP) is 2.83. The van der Waals surface area contributed by atoms with E-state index >= 15 is 0 Å². The highest BCUT2D eigenvalue weighted by molar-refractivity contribution is 5.47. The summed E-state index contributed by atoms with van der Waals surface area (Å²) in [5, 5.41) is 3.24. The van der Waals surface area contributed by atoms with Gasteiger partial charge in [-0.2, -0.15) is 13.2 Å². The van der Waals surface area contributed by atoms with E-state index in [1.807, 2.05) is 0 Å². The van der Waals surface area contributed by atoms with Gasteiger partial charge in [0.05, 0.1) is 12.6 Å². The third-order valence-electron chi connectivity index (χ3n) is 2.56. The maximum absolute atomic E-state index is 11.9. The number of benzene rings is 1. The minimum absolute atomic E-state index is 0.209. The summed E-state index contributed by atoms with van der Waals surface area (Å²) in [4.78, 5) is 0. The zero-order valence-corrected chi connectivity index (χ0v) is 9.67. The topological polar surface area (TPSA) is 30.5 Å². The van der Waals surface area contributed by atoms with E-state index < -0.39 is 12.8 Å². The summed E-state index contributed by atoms with van der Waals surface area (Å²) >= 11 is 0. The molecule has 1 unspecified atom stereocenters. The average Bonchev–Trinajstić information content (AvgIpc) is 2.80. The predicted molar refractivity (Wildman–Crippen MR) is 60.8 cm³/mol. The fourth-order valence-electron chi connectivity index (χ4n) is 1.70. The van der Waals surface area contributed by atoms with Gasteiger partial charge < -0.3 is 14.8 Å². The first-order valence-electron chi connectivity index (χ1n) is 5.67. The molecular formula is C12H14F3NO2. The molecule has 0 spiro atoms. The summed E-state index contributed by atoms with van der Waals surface area (Å²) in [7, 11) is 0. The maximum Gasteiger partial charge on any atom is 0.422 e. The van der Waals surface area contributed by atoms with E-state index in [1.165, 1.54) is 12.1 Å². The van der Waals surface area contributed by atoms with Crippen LogP contribution in [0, 0.1) is 0 Å². The number of nitrogens with one attached hydrogen (secondary N) is 1. The molecule has 1 fully saturated rings. The molecule has 1 heterocycles. The highest BCUT2D eigenvalue weighted by Crippen LogP contribution is 2.21. The molecule has 0 amide bonds. The monoisotopic (exact) mass is 261 g/mol. The second kappa shape index (κ2) is 5.48.